The lowest BCUT2D eigenvalue weighted by Crippen LogP contribution is -2.28. The number of sulfonamides is 1. The summed E-state index contributed by atoms with van der Waals surface area (Å²) < 4.78 is 34.0. The van der Waals surface area contributed by atoms with E-state index < -0.39 is 15.9 Å². The number of anilines is 2. The van der Waals surface area contributed by atoms with E-state index in [0.29, 0.717) is 36.1 Å². The van der Waals surface area contributed by atoms with Crippen molar-refractivity contribution in [2.75, 3.05) is 30.0 Å². The van der Waals surface area contributed by atoms with E-state index in [-0.39, 0.29) is 29.7 Å². The minimum absolute atomic E-state index is 0.0507. The van der Waals surface area contributed by atoms with Crippen molar-refractivity contribution in [2.45, 2.75) is 11.3 Å². The van der Waals surface area contributed by atoms with Gasteiger partial charge in [-0.3, -0.25) is 9.59 Å². The molecule has 0 unspecified atom stereocenters. The fraction of sp³-hybridized carbons (Fsp3) is 0.263. The third-order valence-electron chi connectivity index (χ3n) is 4.76. The zero-order chi connectivity index (χ0) is 20.6. The third kappa shape index (κ3) is 4.03. The average molecular weight is 417 g/mol. The molecule has 0 radical (unpaired) electrons. The van der Waals surface area contributed by atoms with Crippen molar-refractivity contribution in [2.24, 2.45) is 11.1 Å². The van der Waals surface area contributed by atoms with Crippen LogP contribution < -0.4 is 24.8 Å². The Bertz CT molecular complexity index is 1090. The maximum atomic E-state index is 12.6. The van der Waals surface area contributed by atoms with Crippen LogP contribution in [0.1, 0.15) is 6.42 Å². The summed E-state index contributed by atoms with van der Waals surface area (Å²) in [6, 6.07) is 10.9. The minimum atomic E-state index is -3.88. The molecule has 0 aromatic heterocycles. The van der Waals surface area contributed by atoms with Gasteiger partial charge in [-0.2, -0.15) is 0 Å². The monoisotopic (exact) mass is 417 g/mol. The van der Waals surface area contributed by atoms with Gasteiger partial charge in [0.1, 0.15) is 13.2 Å². The normalized spacial score (nSPS) is 18.6. The summed E-state index contributed by atoms with van der Waals surface area (Å²) in [6.07, 6.45) is 0.0507. The summed E-state index contributed by atoms with van der Waals surface area (Å²) >= 11 is 0. The van der Waals surface area contributed by atoms with E-state index in [1.54, 1.807) is 24.3 Å². The van der Waals surface area contributed by atoms with Crippen LogP contribution in [0.2, 0.25) is 0 Å². The van der Waals surface area contributed by atoms with Gasteiger partial charge in [0.25, 0.3) is 0 Å². The van der Waals surface area contributed by atoms with Crippen LogP contribution in [0, 0.1) is 5.92 Å². The number of carbonyl (C=O) groups is 2. The Morgan fingerprint density at radius 3 is 2.62 bits per heavy atom. The second-order valence-corrected chi connectivity index (χ2v) is 8.36. The number of nitrogens with zero attached hydrogens (tertiary/aromatic N) is 1. The van der Waals surface area contributed by atoms with Gasteiger partial charge in [-0.25, -0.2) is 13.6 Å². The first kappa shape index (κ1) is 19.2. The van der Waals surface area contributed by atoms with Crippen LogP contribution in [0.25, 0.3) is 0 Å². The Morgan fingerprint density at radius 2 is 1.86 bits per heavy atom. The summed E-state index contributed by atoms with van der Waals surface area (Å²) in [4.78, 5) is 26.5. The van der Waals surface area contributed by atoms with E-state index in [1.165, 1.54) is 23.1 Å². The lowest BCUT2D eigenvalue weighted by molar-refractivity contribution is -0.122. The zero-order valence-corrected chi connectivity index (χ0v) is 16.1. The smallest absolute Gasteiger partial charge is 0.238 e. The molecular formula is C19H19N3O6S. The maximum Gasteiger partial charge on any atom is 0.238 e. The molecule has 0 spiro atoms. The Kier molecular flexibility index (Phi) is 4.89. The van der Waals surface area contributed by atoms with E-state index in [1.807, 2.05) is 0 Å². The van der Waals surface area contributed by atoms with Crippen molar-refractivity contribution < 1.29 is 27.5 Å². The second kappa shape index (κ2) is 7.37. The molecule has 0 saturated carbocycles. The summed E-state index contributed by atoms with van der Waals surface area (Å²) in [5.41, 5.74) is 0.928. The zero-order valence-electron chi connectivity index (χ0n) is 15.3. The number of hydrogen-bond acceptors (Lipinski definition) is 6. The molecule has 2 aromatic carbocycles. The van der Waals surface area contributed by atoms with Crippen molar-refractivity contribution >= 4 is 33.2 Å². The second-order valence-electron chi connectivity index (χ2n) is 6.80. The molecule has 10 heteroatoms. The molecule has 2 aromatic rings. The molecule has 2 amide bonds. The number of nitrogens with two attached hydrogens (primary N) is 1. The number of amides is 2. The van der Waals surface area contributed by atoms with Crippen molar-refractivity contribution in [3.8, 4) is 11.5 Å². The lowest BCUT2D eigenvalue weighted by atomic mass is 10.1. The highest BCUT2D eigenvalue weighted by Crippen LogP contribution is 2.36. The summed E-state index contributed by atoms with van der Waals surface area (Å²) in [5.74, 6) is 0.0591. The molecule has 1 fully saturated rings. The molecule has 2 aliphatic heterocycles. The number of nitrogens with one attached hydrogen (secondary N) is 1. The van der Waals surface area contributed by atoms with Gasteiger partial charge in [0.15, 0.2) is 11.5 Å². The molecule has 2 heterocycles. The van der Waals surface area contributed by atoms with Gasteiger partial charge in [-0.15, -0.1) is 0 Å². The lowest BCUT2D eigenvalue weighted by Gasteiger charge is -2.22. The molecule has 4 rings (SSSR count). The van der Waals surface area contributed by atoms with Crippen LogP contribution in [0.5, 0.6) is 11.5 Å². The van der Waals surface area contributed by atoms with Crippen LogP contribution in [-0.4, -0.2) is 40.0 Å². The Balaban J connectivity index is 1.47. The van der Waals surface area contributed by atoms with Crippen molar-refractivity contribution in [3.05, 3.63) is 42.5 Å². The van der Waals surface area contributed by atoms with E-state index in [2.05, 4.69) is 5.32 Å². The van der Waals surface area contributed by atoms with Gasteiger partial charge in [0.2, 0.25) is 21.8 Å². The molecule has 29 heavy (non-hydrogen) atoms. The number of rotatable bonds is 4. The minimum Gasteiger partial charge on any atom is -0.486 e. The van der Waals surface area contributed by atoms with E-state index in [0.717, 1.165) is 0 Å². The maximum absolute atomic E-state index is 12.6. The topological polar surface area (TPSA) is 128 Å². The first-order valence-corrected chi connectivity index (χ1v) is 10.5. The molecule has 0 aliphatic carbocycles. The van der Waals surface area contributed by atoms with E-state index in [9.17, 15) is 18.0 Å². The van der Waals surface area contributed by atoms with E-state index in [4.69, 9.17) is 14.6 Å². The number of benzene rings is 2. The molecule has 1 saturated heterocycles. The highest BCUT2D eigenvalue weighted by atomic mass is 32.2. The van der Waals surface area contributed by atoms with Gasteiger partial charge in [-0.1, -0.05) is 6.07 Å². The van der Waals surface area contributed by atoms with Crippen LogP contribution in [0.4, 0.5) is 11.4 Å². The summed E-state index contributed by atoms with van der Waals surface area (Å²) in [6.45, 7) is 1.12. The summed E-state index contributed by atoms with van der Waals surface area (Å²) in [7, 11) is -3.88. The number of fused-ring (bicyclic) bond motifs is 1. The average Bonchev–Trinajstić information content (AvgIpc) is 3.09. The standard InChI is InChI=1S/C19H19N3O6S/c20-29(25,26)15-3-1-2-13(9-15)21-19(24)12-8-18(23)22(11-12)14-4-5-16-17(10-14)28-7-6-27-16/h1-5,9-10,12H,6-8,11H2,(H,21,24)(H2,20,25,26)/t12-/m1/s1. The first-order chi connectivity index (χ1) is 13.8. The van der Waals surface area contributed by atoms with Crippen LogP contribution in [0.3, 0.4) is 0 Å². The Morgan fingerprint density at radius 1 is 1.10 bits per heavy atom. The van der Waals surface area contributed by atoms with Crippen LogP contribution in [0.15, 0.2) is 47.4 Å². The van der Waals surface area contributed by atoms with E-state index >= 15 is 0 Å². The molecular weight excluding hydrogens is 398 g/mol. The highest BCUT2D eigenvalue weighted by Gasteiger charge is 2.35. The Labute approximate surface area is 167 Å². The number of hydrogen-bond donors (Lipinski definition) is 2. The molecule has 152 valence electrons. The van der Waals surface area contributed by atoms with Crippen molar-refractivity contribution in [1.29, 1.82) is 0 Å². The van der Waals surface area contributed by atoms with Gasteiger partial charge in [-0.05, 0) is 30.3 Å². The Hall–Kier alpha value is -3.11. The van der Waals surface area contributed by atoms with Crippen molar-refractivity contribution in [1.82, 2.24) is 0 Å². The van der Waals surface area contributed by atoms with Gasteiger partial charge in [0, 0.05) is 30.4 Å². The van der Waals surface area contributed by atoms with Gasteiger partial charge >= 0.3 is 0 Å². The quantitative estimate of drug-likeness (QED) is 0.767. The van der Waals surface area contributed by atoms with Gasteiger partial charge in [0.05, 0.1) is 10.8 Å². The largest absolute Gasteiger partial charge is 0.486 e. The number of primary sulfonamides is 1. The predicted octanol–water partition coefficient (Wildman–Crippen LogP) is 1.10. The van der Waals surface area contributed by atoms with Gasteiger partial charge < -0.3 is 19.7 Å². The number of carbonyl (C=O) groups excluding carboxylic acids is 2. The predicted molar refractivity (Wildman–Crippen MR) is 104 cm³/mol. The van der Waals surface area contributed by atoms with Crippen LogP contribution >= 0.6 is 0 Å². The first-order valence-electron chi connectivity index (χ1n) is 8.95. The SMILES string of the molecule is NS(=O)(=O)c1cccc(NC(=O)[C@@H]2CC(=O)N(c3ccc4c(c3)OCCO4)C2)c1. The summed E-state index contributed by atoms with van der Waals surface area (Å²) in [5, 5.41) is 7.77. The fourth-order valence-corrected chi connectivity index (χ4v) is 3.89. The molecule has 3 N–H and O–H groups in total. The third-order valence-corrected chi connectivity index (χ3v) is 5.67. The van der Waals surface area contributed by atoms with Crippen molar-refractivity contribution in [3.63, 3.8) is 0 Å². The molecule has 0 bridgehead atoms. The highest BCUT2D eigenvalue weighted by molar-refractivity contribution is 7.89. The molecule has 9 nitrogen and oxygen atoms in total. The molecule has 2 aliphatic rings. The number of ether oxygens (including phenoxy) is 2. The molecule has 1 atom stereocenters. The fourth-order valence-electron chi connectivity index (χ4n) is 3.33. The van der Waals surface area contributed by atoms with Crippen LogP contribution in [-0.2, 0) is 19.6 Å².